The van der Waals surface area contributed by atoms with Crippen molar-refractivity contribution in [3.05, 3.63) is 41.6 Å². The van der Waals surface area contributed by atoms with Crippen molar-refractivity contribution in [3.63, 3.8) is 0 Å². The molecule has 3 aliphatic heterocycles. The Morgan fingerprint density at radius 2 is 1.82 bits per heavy atom. The summed E-state index contributed by atoms with van der Waals surface area (Å²) < 4.78 is 5.63. The van der Waals surface area contributed by atoms with E-state index in [0.717, 1.165) is 16.5 Å². The second-order valence-corrected chi connectivity index (χ2v) is 12.2. The van der Waals surface area contributed by atoms with Crippen molar-refractivity contribution in [1.29, 1.82) is 0 Å². The van der Waals surface area contributed by atoms with Gasteiger partial charge in [-0.15, -0.1) is 0 Å². The summed E-state index contributed by atoms with van der Waals surface area (Å²) in [5.74, 6) is -1.13. The smallest absolute Gasteiger partial charge is 0.410 e. The lowest BCUT2D eigenvalue weighted by molar-refractivity contribution is -0.141. The van der Waals surface area contributed by atoms with Crippen LogP contribution in [0.3, 0.4) is 0 Å². The van der Waals surface area contributed by atoms with Crippen molar-refractivity contribution < 1.29 is 29.0 Å². The Labute approximate surface area is 227 Å². The molecular weight excluding hydrogens is 500 g/mol. The molecule has 208 valence electrons. The predicted molar refractivity (Wildman–Crippen MR) is 142 cm³/mol. The van der Waals surface area contributed by atoms with Gasteiger partial charge in [0.05, 0.1) is 11.4 Å². The van der Waals surface area contributed by atoms with Crippen LogP contribution in [-0.2, 0) is 24.7 Å². The zero-order valence-electron chi connectivity index (χ0n) is 23.0. The summed E-state index contributed by atoms with van der Waals surface area (Å²) in [6.07, 6.45) is 2.75. The third-order valence-electron chi connectivity index (χ3n) is 8.39. The standard InChI is InChI=1S/C29H36N4O6/c1-18(34)32-11-9-28(16-32)17-33(26(37)39-27(2,3)4)12-10-29(28,38)21-5-7-23-19(14-21)13-20(15-30-23)22-6-8-24(35)31-25(22)36/h5,7,13-15,22,38H,6,8-12,16-17H2,1-4H3,(H,31,35,36). The van der Waals surface area contributed by atoms with Crippen LogP contribution < -0.4 is 5.32 Å². The number of nitrogens with one attached hydrogen (secondary N) is 1. The molecule has 1 spiro atoms. The van der Waals surface area contributed by atoms with Gasteiger partial charge in [0.1, 0.15) is 11.2 Å². The van der Waals surface area contributed by atoms with E-state index in [1.54, 1.807) is 16.0 Å². The maximum atomic E-state index is 13.0. The van der Waals surface area contributed by atoms with Crippen LogP contribution in [0.25, 0.3) is 10.9 Å². The van der Waals surface area contributed by atoms with E-state index in [0.29, 0.717) is 38.0 Å². The molecule has 3 saturated heterocycles. The number of aromatic nitrogens is 1. The number of carbonyl (C=O) groups is 4. The molecule has 4 amide bonds. The van der Waals surface area contributed by atoms with E-state index in [2.05, 4.69) is 10.3 Å². The fraction of sp³-hybridized carbons (Fsp3) is 0.552. The summed E-state index contributed by atoms with van der Waals surface area (Å²) in [6, 6.07) is 7.51. The minimum Gasteiger partial charge on any atom is -0.444 e. The van der Waals surface area contributed by atoms with E-state index >= 15 is 0 Å². The van der Waals surface area contributed by atoms with E-state index in [1.807, 2.05) is 45.0 Å². The number of fused-ring (bicyclic) bond motifs is 1. The maximum Gasteiger partial charge on any atom is 0.410 e. The number of imide groups is 1. The van der Waals surface area contributed by atoms with E-state index in [9.17, 15) is 24.3 Å². The number of aliphatic hydroxyl groups is 1. The molecule has 2 N–H and O–H groups in total. The molecule has 3 unspecified atom stereocenters. The molecule has 0 radical (unpaired) electrons. The first-order chi connectivity index (χ1) is 18.3. The van der Waals surface area contributed by atoms with Gasteiger partial charge in [-0.1, -0.05) is 6.07 Å². The predicted octanol–water partition coefficient (Wildman–Crippen LogP) is 2.82. The highest BCUT2D eigenvalue weighted by Crippen LogP contribution is 2.52. The molecule has 10 nitrogen and oxygen atoms in total. The SMILES string of the molecule is CC(=O)N1CCC2(C1)CN(C(=O)OC(C)(C)C)CCC2(O)c1ccc2ncc(C3CCC(=O)NC3=O)cc2c1. The summed E-state index contributed by atoms with van der Waals surface area (Å²) in [5.41, 5.74) is -0.619. The molecule has 0 saturated carbocycles. The summed E-state index contributed by atoms with van der Waals surface area (Å²) in [6.45, 7) is 8.36. The van der Waals surface area contributed by atoms with Crippen LogP contribution in [0.15, 0.2) is 30.5 Å². The van der Waals surface area contributed by atoms with Gasteiger partial charge in [-0.2, -0.15) is 0 Å². The zero-order valence-corrected chi connectivity index (χ0v) is 23.0. The summed E-state index contributed by atoms with van der Waals surface area (Å²) in [5, 5.41) is 15.6. The van der Waals surface area contributed by atoms with Gasteiger partial charge < -0.3 is 19.6 Å². The number of nitrogens with zero attached hydrogens (tertiary/aromatic N) is 3. The van der Waals surface area contributed by atoms with Crippen LogP contribution in [-0.4, -0.2) is 75.5 Å². The van der Waals surface area contributed by atoms with Crippen molar-refractivity contribution in [2.75, 3.05) is 26.2 Å². The lowest BCUT2D eigenvalue weighted by atomic mass is 9.63. The van der Waals surface area contributed by atoms with Crippen LogP contribution >= 0.6 is 0 Å². The molecule has 4 heterocycles. The number of hydrogen-bond acceptors (Lipinski definition) is 7. The molecule has 3 aliphatic rings. The van der Waals surface area contributed by atoms with Crippen LogP contribution in [0.5, 0.6) is 0 Å². The van der Waals surface area contributed by atoms with Gasteiger partial charge in [-0.25, -0.2) is 4.79 Å². The molecule has 39 heavy (non-hydrogen) atoms. The van der Waals surface area contributed by atoms with Gasteiger partial charge in [-0.3, -0.25) is 24.7 Å². The quantitative estimate of drug-likeness (QED) is 0.565. The first kappa shape index (κ1) is 27.1. The fourth-order valence-electron chi connectivity index (χ4n) is 6.29. The highest BCUT2D eigenvalue weighted by molar-refractivity contribution is 6.01. The minimum atomic E-state index is -1.31. The molecule has 1 aromatic carbocycles. The molecule has 3 atom stereocenters. The molecule has 10 heteroatoms. The van der Waals surface area contributed by atoms with E-state index < -0.39 is 28.6 Å². The molecule has 1 aromatic heterocycles. The van der Waals surface area contributed by atoms with Crippen molar-refractivity contribution >= 4 is 34.7 Å². The summed E-state index contributed by atoms with van der Waals surface area (Å²) >= 11 is 0. The highest BCUT2D eigenvalue weighted by Gasteiger charge is 2.59. The molecule has 0 aliphatic carbocycles. The average molecular weight is 537 g/mol. The van der Waals surface area contributed by atoms with Crippen molar-refractivity contribution in [2.45, 2.75) is 70.5 Å². The summed E-state index contributed by atoms with van der Waals surface area (Å²) in [7, 11) is 0. The Hall–Kier alpha value is -3.53. The van der Waals surface area contributed by atoms with Crippen molar-refractivity contribution in [1.82, 2.24) is 20.1 Å². The molecular formula is C29H36N4O6. The van der Waals surface area contributed by atoms with Gasteiger partial charge in [-0.05, 0) is 69.4 Å². The maximum absolute atomic E-state index is 13.0. The van der Waals surface area contributed by atoms with Crippen molar-refractivity contribution in [2.24, 2.45) is 5.41 Å². The second kappa shape index (κ2) is 9.59. The van der Waals surface area contributed by atoms with E-state index in [4.69, 9.17) is 4.74 Å². The van der Waals surface area contributed by atoms with Gasteiger partial charge in [0.25, 0.3) is 0 Å². The van der Waals surface area contributed by atoms with Crippen LogP contribution in [0.2, 0.25) is 0 Å². The Kier molecular flexibility index (Phi) is 6.65. The monoisotopic (exact) mass is 536 g/mol. The molecule has 2 aromatic rings. The number of hydrogen-bond donors (Lipinski definition) is 2. The first-order valence-corrected chi connectivity index (χ1v) is 13.5. The third-order valence-corrected chi connectivity index (χ3v) is 8.39. The summed E-state index contributed by atoms with van der Waals surface area (Å²) in [4.78, 5) is 57.3. The number of pyridine rings is 1. The highest BCUT2D eigenvalue weighted by atomic mass is 16.6. The number of rotatable bonds is 2. The van der Waals surface area contributed by atoms with Gasteiger partial charge >= 0.3 is 6.09 Å². The van der Waals surface area contributed by atoms with Crippen LogP contribution in [0.1, 0.15) is 70.4 Å². The largest absolute Gasteiger partial charge is 0.444 e. The Bertz CT molecular complexity index is 1350. The fourth-order valence-corrected chi connectivity index (χ4v) is 6.29. The number of carbonyl (C=O) groups excluding carboxylic acids is 4. The number of piperidine rings is 2. The van der Waals surface area contributed by atoms with E-state index in [1.165, 1.54) is 6.92 Å². The third kappa shape index (κ3) is 4.97. The Morgan fingerprint density at radius 1 is 1.10 bits per heavy atom. The van der Waals surface area contributed by atoms with Crippen LogP contribution in [0.4, 0.5) is 4.79 Å². The number of benzene rings is 1. The normalized spacial score (nSPS) is 27.7. The van der Waals surface area contributed by atoms with Gasteiger partial charge in [0, 0.05) is 56.5 Å². The topological polar surface area (TPSA) is 129 Å². The van der Waals surface area contributed by atoms with Gasteiger partial charge in [0.2, 0.25) is 17.7 Å². The Morgan fingerprint density at radius 3 is 2.49 bits per heavy atom. The second-order valence-electron chi connectivity index (χ2n) is 12.2. The zero-order chi connectivity index (χ0) is 28.2. The average Bonchev–Trinajstić information content (AvgIpc) is 3.30. The number of ether oxygens (including phenoxy) is 1. The number of likely N-dealkylation sites (tertiary alicyclic amines) is 2. The first-order valence-electron chi connectivity index (χ1n) is 13.5. The van der Waals surface area contributed by atoms with Gasteiger partial charge in [0.15, 0.2) is 0 Å². The molecule has 3 fully saturated rings. The lowest BCUT2D eigenvalue weighted by Crippen LogP contribution is -2.60. The Balaban J connectivity index is 1.51. The molecule has 5 rings (SSSR count). The molecule has 0 bridgehead atoms. The van der Waals surface area contributed by atoms with E-state index in [-0.39, 0.29) is 37.1 Å². The van der Waals surface area contributed by atoms with Crippen LogP contribution in [0, 0.1) is 5.41 Å². The number of amides is 4. The van der Waals surface area contributed by atoms with Crippen molar-refractivity contribution in [3.8, 4) is 0 Å². The lowest BCUT2D eigenvalue weighted by Gasteiger charge is -2.52. The minimum absolute atomic E-state index is 0.0692.